The molecule has 0 radical (unpaired) electrons. The zero-order valence-corrected chi connectivity index (χ0v) is 6.86. The van der Waals surface area contributed by atoms with Crippen LogP contribution in [-0.4, -0.2) is 11.9 Å². The van der Waals surface area contributed by atoms with Gasteiger partial charge in [-0.15, -0.1) is 0 Å². The van der Waals surface area contributed by atoms with Crippen LogP contribution in [0.1, 0.15) is 6.92 Å². The number of rotatable bonds is 0. The summed E-state index contributed by atoms with van der Waals surface area (Å²) in [4.78, 5) is 11.6. The third-order valence-electron chi connectivity index (χ3n) is 3.22. The summed E-state index contributed by atoms with van der Waals surface area (Å²) in [6.45, 7) is 2.05. The van der Waals surface area contributed by atoms with E-state index in [9.17, 15) is 4.79 Å². The minimum absolute atomic E-state index is 0.0509. The number of ether oxygens (including phenoxy) is 1. The van der Waals surface area contributed by atoms with E-state index in [0.29, 0.717) is 11.7 Å². The summed E-state index contributed by atoms with van der Waals surface area (Å²) in [6.07, 6.45) is 5.98. The number of hydrogen-bond acceptors (Lipinski definition) is 2. The smallest absolute Gasteiger partial charge is 0.151 e. The van der Waals surface area contributed by atoms with Crippen LogP contribution in [0.4, 0.5) is 0 Å². The largest absolute Gasteiger partial charge is 0.497 e. The van der Waals surface area contributed by atoms with Gasteiger partial charge in [-0.1, -0.05) is 11.6 Å². The second kappa shape index (κ2) is 1.82. The van der Waals surface area contributed by atoms with Gasteiger partial charge in [-0.3, -0.25) is 4.79 Å². The number of ketones is 1. The van der Waals surface area contributed by atoms with Crippen LogP contribution in [0.5, 0.6) is 0 Å². The zero-order chi connectivity index (χ0) is 8.29. The van der Waals surface area contributed by atoms with E-state index >= 15 is 0 Å². The third kappa shape index (κ3) is 0.521. The highest BCUT2D eigenvalue weighted by molar-refractivity contribution is 5.94. The monoisotopic (exact) mass is 162 g/mol. The van der Waals surface area contributed by atoms with Gasteiger partial charge in [-0.2, -0.15) is 0 Å². The van der Waals surface area contributed by atoms with Crippen molar-refractivity contribution in [1.82, 2.24) is 0 Å². The lowest BCUT2D eigenvalue weighted by molar-refractivity contribution is -0.121. The number of allylic oxidation sites excluding steroid dienone is 1. The minimum atomic E-state index is 0.0509. The molecule has 1 saturated carbocycles. The van der Waals surface area contributed by atoms with Gasteiger partial charge in [-0.05, 0) is 13.0 Å². The Bertz CT molecular complexity index is 314. The molecule has 0 aromatic heterocycles. The van der Waals surface area contributed by atoms with Gasteiger partial charge in [0, 0.05) is 11.8 Å². The lowest BCUT2D eigenvalue weighted by Crippen LogP contribution is -2.22. The molecule has 0 N–H and O–H groups in total. The maximum absolute atomic E-state index is 11.6. The van der Waals surface area contributed by atoms with Crippen LogP contribution >= 0.6 is 0 Å². The van der Waals surface area contributed by atoms with E-state index in [1.165, 1.54) is 5.57 Å². The first-order chi connectivity index (χ1) is 5.79. The number of hydrogen-bond donors (Lipinski definition) is 0. The Labute approximate surface area is 70.9 Å². The van der Waals surface area contributed by atoms with E-state index in [2.05, 4.69) is 6.08 Å². The second-order valence-corrected chi connectivity index (χ2v) is 3.82. The third-order valence-corrected chi connectivity index (χ3v) is 3.22. The molecule has 62 valence electrons. The van der Waals surface area contributed by atoms with Crippen molar-refractivity contribution in [2.24, 2.45) is 17.8 Å². The molecule has 2 bridgehead atoms. The quantitative estimate of drug-likeness (QED) is 0.502. The van der Waals surface area contributed by atoms with Crippen LogP contribution < -0.4 is 0 Å². The molecule has 2 nitrogen and oxygen atoms in total. The summed E-state index contributed by atoms with van der Waals surface area (Å²) in [7, 11) is 0. The molecular weight excluding hydrogens is 152 g/mol. The van der Waals surface area contributed by atoms with Gasteiger partial charge in [-0.25, -0.2) is 0 Å². The van der Waals surface area contributed by atoms with Gasteiger partial charge in [0.2, 0.25) is 0 Å². The van der Waals surface area contributed by atoms with Crippen molar-refractivity contribution in [3.63, 3.8) is 0 Å². The summed E-state index contributed by atoms with van der Waals surface area (Å²) in [5, 5.41) is 0. The molecule has 0 aromatic rings. The molecule has 3 rings (SSSR count). The molecule has 4 atom stereocenters. The van der Waals surface area contributed by atoms with E-state index < -0.39 is 0 Å². The molecule has 0 amide bonds. The Morgan fingerprint density at radius 1 is 1.50 bits per heavy atom. The summed E-state index contributed by atoms with van der Waals surface area (Å²) < 4.78 is 5.38. The van der Waals surface area contributed by atoms with E-state index in [1.807, 2.05) is 13.0 Å². The molecule has 0 spiro atoms. The number of carbonyl (C=O) groups excluding carboxylic acids is 1. The first-order valence-electron chi connectivity index (χ1n) is 4.33. The average Bonchev–Trinajstić information content (AvgIpc) is 2.61. The topological polar surface area (TPSA) is 26.3 Å². The van der Waals surface area contributed by atoms with Gasteiger partial charge >= 0.3 is 0 Å². The van der Waals surface area contributed by atoms with Crippen molar-refractivity contribution in [2.75, 3.05) is 0 Å². The van der Waals surface area contributed by atoms with Crippen LogP contribution in [-0.2, 0) is 9.53 Å². The predicted octanol–water partition coefficient (Wildman–Crippen LogP) is 1.29. The van der Waals surface area contributed by atoms with Crippen molar-refractivity contribution in [2.45, 2.75) is 13.0 Å². The van der Waals surface area contributed by atoms with Crippen molar-refractivity contribution in [1.29, 1.82) is 0 Å². The van der Waals surface area contributed by atoms with Gasteiger partial charge in [0.25, 0.3) is 0 Å². The molecule has 2 aliphatic carbocycles. The molecule has 1 heterocycles. The fourth-order valence-electron chi connectivity index (χ4n) is 2.70. The van der Waals surface area contributed by atoms with Crippen molar-refractivity contribution < 1.29 is 9.53 Å². The van der Waals surface area contributed by atoms with Crippen LogP contribution in [0, 0.1) is 17.8 Å². The Morgan fingerprint density at radius 2 is 2.33 bits per heavy atom. The molecule has 0 unspecified atom stereocenters. The molecule has 1 fully saturated rings. The highest BCUT2D eigenvalue weighted by atomic mass is 16.5. The molecule has 3 aliphatic rings. The lowest BCUT2D eigenvalue weighted by atomic mass is 9.87. The first kappa shape index (κ1) is 6.46. The van der Waals surface area contributed by atoms with E-state index in [4.69, 9.17) is 4.74 Å². The Balaban J connectivity index is 2.11. The first-order valence-corrected chi connectivity index (χ1v) is 4.33. The lowest BCUT2D eigenvalue weighted by Gasteiger charge is -2.19. The maximum Gasteiger partial charge on any atom is 0.151 e. The molecule has 0 aromatic carbocycles. The summed E-state index contributed by atoms with van der Waals surface area (Å²) in [5.74, 6) is 0.896. The van der Waals surface area contributed by atoms with Crippen molar-refractivity contribution in [3.05, 3.63) is 24.0 Å². The predicted molar refractivity (Wildman–Crippen MR) is 43.2 cm³/mol. The number of carbonyl (C=O) groups is 1. The normalized spacial score (nSPS) is 47.8. The van der Waals surface area contributed by atoms with Crippen molar-refractivity contribution >= 4 is 5.78 Å². The van der Waals surface area contributed by atoms with Gasteiger partial charge < -0.3 is 4.74 Å². The summed E-state index contributed by atoms with van der Waals surface area (Å²) in [6, 6.07) is 0. The van der Waals surface area contributed by atoms with Crippen LogP contribution in [0.3, 0.4) is 0 Å². The highest BCUT2D eigenvalue weighted by Gasteiger charge is 2.55. The van der Waals surface area contributed by atoms with E-state index in [1.54, 1.807) is 6.26 Å². The molecule has 0 saturated heterocycles. The Hall–Kier alpha value is -1.05. The van der Waals surface area contributed by atoms with Crippen LogP contribution in [0.25, 0.3) is 0 Å². The Kier molecular flexibility index (Phi) is 0.978. The molecular formula is C10H10O2. The fraction of sp³-hybridized carbons (Fsp3) is 0.500. The standard InChI is InChI=1S/C10H10O2/c1-5-4-7-9(11)8(5)6-2-3-12-10(6)7/h2-4,6-8,10H,1H3/t6-,7+,8+,10+/m1/s1. The molecule has 12 heavy (non-hydrogen) atoms. The Morgan fingerprint density at radius 3 is 3.17 bits per heavy atom. The SMILES string of the molecule is CC1=C[C@H]2C(=O)[C@@H]1[C@H]1C=CO[C@@H]12. The van der Waals surface area contributed by atoms with Gasteiger partial charge in [0.15, 0.2) is 5.78 Å². The summed E-state index contributed by atoms with van der Waals surface area (Å²) >= 11 is 0. The molecule has 1 aliphatic heterocycles. The average molecular weight is 162 g/mol. The number of Topliss-reactive ketones (excluding diaryl/α,β-unsaturated/α-hetero) is 1. The van der Waals surface area contributed by atoms with E-state index in [0.717, 1.165) is 0 Å². The highest BCUT2D eigenvalue weighted by Crippen LogP contribution is 2.49. The number of fused-ring (bicyclic) bond motifs is 5. The molecule has 2 heteroatoms. The van der Waals surface area contributed by atoms with Gasteiger partial charge in [0.1, 0.15) is 6.10 Å². The van der Waals surface area contributed by atoms with Crippen LogP contribution in [0.2, 0.25) is 0 Å². The zero-order valence-electron chi connectivity index (χ0n) is 6.86. The minimum Gasteiger partial charge on any atom is -0.497 e. The summed E-state index contributed by atoms with van der Waals surface area (Å²) in [5.41, 5.74) is 1.24. The maximum atomic E-state index is 11.6. The van der Waals surface area contributed by atoms with E-state index in [-0.39, 0.29) is 17.9 Å². The second-order valence-electron chi connectivity index (χ2n) is 3.82. The van der Waals surface area contributed by atoms with Crippen LogP contribution in [0.15, 0.2) is 24.0 Å². The van der Waals surface area contributed by atoms with Gasteiger partial charge in [0.05, 0.1) is 12.2 Å². The van der Waals surface area contributed by atoms with Crippen molar-refractivity contribution in [3.8, 4) is 0 Å². The fourth-order valence-corrected chi connectivity index (χ4v) is 2.70.